The van der Waals surface area contributed by atoms with Gasteiger partial charge < -0.3 is 10.3 Å². The van der Waals surface area contributed by atoms with E-state index in [0.29, 0.717) is 12.5 Å². The van der Waals surface area contributed by atoms with Gasteiger partial charge in [0.2, 0.25) is 5.95 Å². The minimum absolute atomic E-state index is 0.510. The van der Waals surface area contributed by atoms with E-state index in [9.17, 15) is 0 Å². The number of aromatic nitrogens is 2. The van der Waals surface area contributed by atoms with Crippen LogP contribution in [0.2, 0.25) is 5.02 Å². The highest BCUT2D eigenvalue weighted by Crippen LogP contribution is 2.22. The Morgan fingerprint density at radius 2 is 1.78 bits per heavy atom. The molecule has 0 saturated carbocycles. The van der Waals surface area contributed by atoms with Crippen LogP contribution in [0.3, 0.4) is 0 Å². The number of fused-ring (bicyclic) bond motifs is 1. The summed E-state index contributed by atoms with van der Waals surface area (Å²) in [4.78, 5) is 4.34. The van der Waals surface area contributed by atoms with Crippen molar-refractivity contribution in [3.63, 3.8) is 0 Å². The number of anilines is 1. The number of hydrogen-bond acceptors (Lipinski definition) is 2. The predicted octanol–water partition coefficient (Wildman–Crippen LogP) is 3.32. The summed E-state index contributed by atoms with van der Waals surface area (Å²) in [5.74, 6) is 0.510. The van der Waals surface area contributed by atoms with Crippen LogP contribution in [-0.2, 0) is 6.54 Å². The van der Waals surface area contributed by atoms with Gasteiger partial charge in [0.1, 0.15) is 0 Å². The van der Waals surface area contributed by atoms with Crippen molar-refractivity contribution in [1.82, 2.24) is 9.55 Å². The quantitative estimate of drug-likeness (QED) is 0.765. The molecular weight excluding hydrogens is 246 g/mol. The molecule has 0 unspecified atom stereocenters. The topological polar surface area (TPSA) is 43.8 Å². The Balaban J connectivity index is 2.10. The summed E-state index contributed by atoms with van der Waals surface area (Å²) in [5, 5.41) is 0.745. The number of para-hydroxylation sites is 2. The van der Waals surface area contributed by atoms with Crippen molar-refractivity contribution in [2.24, 2.45) is 0 Å². The Kier molecular flexibility index (Phi) is 2.68. The van der Waals surface area contributed by atoms with Crippen molar-refractivity contribution in [3.05, 3.63) is 59.1 Å². The molecule has 0 atom stereocenters. The van der Waals surface area contributed by atoms with Crippen LogP contribution < -0.4 is 5.73 Å². The van der Waals surface area contributed by atoms with Crippen LogP contribution in [0.5, 0.6) is 0 Å². The van der Waals surface area contributed by atoms with Gasteiger partial charge in [-0.15, -0.1) is 0 Å². The predicted molar refractivity (Wildman–Crippen MR) is 74.7 cm³/mol. The van der Waals surface area contributed by atoms with Gasteiger partial charge in [0.15, 0.2) is 0 Å². The Bertz CT molecular complexity index is 703. The summed E-state index contributed by atoms with van der Waals surface area (Å²) >= 11 is 6.17. The number of nitrogen functional groups attached to an aromatic ring is 1. The Hall–Kier alpha value is -2.00. The lowest BCUT2D eigenvalue weighted by molar-refractivity contribution is 0.839. The third kappa shape index (κ3) is 1.83. The first kappa shape index (κ1) is 11.1. The minimum atomic E-state index is 0.510. The smallest absolute Gasteiger partial charge is 0.201 e. The number of hydrogen-bond donors (Lipinski definition) is 1. The molecular formula is C14H12ClN3. The van der Waals surface area contributed by atoms with Crippen LogP contribution in [0, 0.1) is 0 Å². The fourth-order valence-corrected chi connectivity index (χ4v) is 2.25. The molecule has 2 N–H and O–H groups in total. The highest BCUT2D eigenvalue weighted by Gasteiger charge is 2.09. The third-order valence-electron chi connectivity index (χ3n) is 2.97. The summed E-state index contributed by atoms with van der Waals surface area (Å²) in [7, 11) is 0. The van der Waals surface area contributed by atoms with E-state index in [4.69, 9.17) is 17.3 Å². The Morgan fingerprint density at radius 3 is 2.61 bits per heavy atom. The highest BCUT2D eigenvalue weighted by molar-refractivity contribution is 6.31. The van der Waals surface area contributed by atoms with Crippen molar-refractivity contribution >= 4 is 28.6 Å². The van der Waals surface area contributed by atoms with Crippen molar-refractivity contribution < 1.29 is 0 Å². The van der Waals surface area contributed by atoms with E-state index < -0.39 is 0 Å². The molecule has 3 nitrogen and oxygen atoms in total. The monoisotopic (exact) mass is 257 g/mol. The van der Waals surface area contributed by atoms with Gasteiger partial charge in [0.05, 0.1) is 17.6 Å². The van der Waals surface area contributed by atoms with Crippen molar-refractivity contribution in [3.8, 4) is 0 Å². The largest absolute Gasteiger partial charge is 0.369 e. The highest BCUT2D eigenvalue weighted by atomic mass is 35.5. The van der Waals surface area contributed by atoms with Crippen LogP contribution in [0.15, 0.2) is 48.5 Å². The minimum Gasteiger partial charge on any atom is -0.369 e. The van der Waals surface area contributed by atoms with Crippen LogP contribution in [0.25, 0.3) is 11.0 Å². The van der Waals surface area contributed by atoms with Gasteiger partial charge >= 0.3 is 0 Å². The van der Waals surface area contributed by atoms with Gasteiger partial charge in [0.25, 0.3) is 0 Å². The van der Waals surface area contributed by atoms with Gasteiger partial charge in [-0.2, -0.15) is 0 Å². The first-order valence-corrected chi connectivity index (χ1v) is 6.07. The van der Waals surface area contributed by atoms with Crippen LogP contribution in [0.4, 0.5) is 5.95 Å². The molecule has 0 aliphatic carbocycles. The molecule has 0 bridgehead atoms. The number of rotatable bonds is 2. The van der Waals surface area contributed by atoms with Crippen LogP contribution in [0.1, 0.15) is 5.56 Å². The summed E-state index contributed by atoms with van der Waals surface area (Å²) < 4.78 is 1.97. The molecule has 0 amide bonds. The third-order valence-corrected chi connectivity index (χ3v) is 3.34. The Labute approximate surface area is 110 Å². The second-order valence-electron chi connectivity index (χ2n) is 4.14. The fourth-order valence-electron chi connectivity index (χ4n) is 2.06. The lowest BCUT2D eigenvalue weighted by Gasteiger charge is -2.08. The van der Waals surface area contributed by atoms with Gasteiger partial charge in [-0.3, -0.25) is 0 Å². The van der Waals surface area contributed by atoms with Crippen LogP contribution in [-0.4, -0.2) is 9.55 Å². The average molecular weight is 258 g/mol. The second kappa shape index (κ2) is 4.35. The molecule has 4 heteroatoms. The summed E-state index contributed by atoms with van der Waals surface area (Å²) in [6, 6.07) is 15.7. The first-order valence-electron chi connectivity index (χ1n) is 5.70. The van der Waals surface area contributed by atoms with E-state index >= 15 is 0 Å². The molecule has 1 aromatic heterocycles. The number of halogens is 1. The average Bonchev–Trinajstić information content (AvgIpc) is 2.69. The number of nitrogens with zero attached hydrogens (tertiary/aromatic N) is 2. The van der Waals surface area contributed by atoms with Crippen molar-refractivity contribution in [2.45, 2.75) is 6.54 Å². The van der Waals surface area contributed by atoms with Gasteiger partial charge in [-0.25, -0.2) is 4.98 Å². The zero-order valence-electron chi connectivity index (χ0n) is 9.68. The van der Waals surface area contributed by atoms with Gasteiger partial charge in [-0.1, -0.05) is 41.9 Å². The normalized spacial score (nSPS) is 10.9. The zero-order chi connectivity index (χ0) is 12.5. The number of benzene rings is 2. The van der Waals surface area contributed by atoms with Crippen molar-refractivity contribution in [2.75, 3.05) is 5.73 Å². The maximum atomic E-state index is 6.17. The van der Waals surface area contributed by atoms with Gasteiger partial charge in [0, 0.05) is 5.02 Å². The molecule has 90 valence electrons. The molecule has 0 aliphatic rings. The summed E-state index contributed by atoms with van der Waals surface area (Å²) in [6.07, 6.45) is 0. The number of imidazole rings is 1. The van der Waals surface area contributed by atoms with Gasteiger partial charge in [-0.05, 0) is 23.8 Å². The first-order chi connectivity index (χ1) is 8.75. The lowest BCUT2D eigenvalue weighted by atomic mass is 10.2. The maximum absolute atomic E-state index is 6.17. The van der Waals surface area contributed by atoms with E-state index in [0.717, 1.165) is 21.6 Å². The lowest BCUT2D eigenvalue weighted by Crippen LogP contribution is -2.04. The number of nitrogens with two attached hydrogens (primary N) is 1. The van der Waals surface area contributed by atoms with Crippen molar-refractivity contribution in [1.29, 1.82) is 0 Å². The van der Waals surface area contributed by atoms with Crippen LogP contribution >= 0.6 is 11.6 Å². The molecule has 0 aliphatic heterocycles. The molecule has 2 aromatic carbocycles. The van der Waals surface area contributed by atoms with E-state index in [1.807, 2.05) is 53.1 Å². The van der Waals surface area contributed by atoms with E-state index in [-0.39, 0.29) is 0 Å². The molecule has 3 rings (SSSR count). The molecule has 0 fully saturated rings. The summed E-state index contributed by atoms with van der Waals surface area (Å²) in [5.41, 5.74) is 8.92. The molecule has 3 aromatic rings. The maximum Gasteiger partial charge on any atom is 0.201 e. The molecule has 0 saturated heterocycles. The summed E-state index contributed by atoms with van der Waals surface area (Å²) in [6.45, 7) is 0.631. The second-order valence-corrected chi connectivity index (χ2v) is 4.54. The molecule has 0 spiro atoms. The standard InChI is InChI=1S/C14H12ClN3/c15-11-6-2-1-5-10(11)9-18-13-8-4-3-7-12(13)17-14(18)16/h1-8H,9H2,(H2,16,17). The van der Waals surface area contributed by atoms with E-state index in [2.05, 4.69) is 4.98 Å². The molecule has 18 heavy (non-hydrogen) atoms. The van der Waals surface area contributed by atoms with E-state index in [1.165, 1.54) is 0 Å². The SMILES string of the molecule is Nc1nc2ccccc2n1Cc1ccccc1Cl. The fraction of sp³-hybridized carbons (Fsp3) is 0.0714. The molecule has 0 radical (unpaired) electrons. The molecule has 1 heterocycles. The zero-order valence-corrected chi connectivity index (χ0v) is 10.4. The van der Waals surface area contributed by atoms with E-state index in [1.54, 1.807) is 0 Å². The Morgan fingerprint density at radius 1 is 1.06 bits per heavy atom.